The second-order valence-electron chi connectivity index (χ2n) is 4.55. The molecule has 1 aromatic carbocycles. The smallest absolute Gasteiger partial charge is 0.0639 e. The van der Waals surface area contributed by atoms with Crippen molar-refractivity contribution in [2.75, 3.05) is 6.54 Å². The van der Waals surface area contributed by atoms with E-state index >= 15 is 0 Å². The normalized spacial score (nSPS) is 12.6. The second kappa shape index (κ2) is 6.42. The molecule has 0 fully saturated rings. The molecule has 19 heavy (non-hydrogen) atoms. The molecule has 3 nitrogen and oxygen atoms in total. The zero-order valence-corrected chi connectivity index (χ0v) is 12.5. The molecular weight excluding hydrogens is 281 g/mol. The maximum Gasteiger partial charge on any atom is 0.0639 e. The van der Waals surface area contributed by atoms with Crippen molar-refractivity contribution < 1.29 is 0 Å². The molecule has 0 aliphatic carbocycles. The number of halogens is 2. The lowest BCUT2D eigenvalue weighted by atomic mass is 10.1. The van der Waals surface area contributed by atoms with Crippen LogP contribution in [0.25, 0.3) is 0 Å². The Bertz CT molecular complexity index is 551. The van der Waals surface area contributed by atoms with E-state index < -0.39 is 0 Å². The quantitative estimate of drug-likeness (QED) is 0.913. The number of benzene rings is 1. The predicted octanol–water partition coefficient (Wildman–Crippen LogP) is 3.62. The fourth-order valence-electron chi connectivity index (χ4n) is 1.98. The average Bonchev–Trinajstić information content (AvgIpc) is 2.78. The standard InChI is InChI=1S/C14H17Cl2N3/c1-10(12-4-3-5-13(15)14(12)16)17-8-6-11-7-9-19(2)18-11/h3-5,7,9-10,17H,6,8H2,1-2H3. The van der Waals surface area contributed by atoms with Crippen molar-refractivity contribution in [3.8, 4) is 0 Å². The van der Waals surface area contributed by atoms with E-state index in [4.69, 9.17) is 23.2 Å². The van der Waals surface area contributed by atoms with Crippen LogP contribution in [-0.2, 0) is 13.5 Å². The Morgan fingerprint density at radius 1 is 1.32 bits per heavy atom. The van der Waals surface area contributed by atoms with Gasteiger partial charge in [-0.2, -0.15) is 5.10 Å². The van der Waals surface area contributed by atoms with E-state index in [9.17, 15) is 0 Å². The summed E-state index contributed by atoms with van der Waals surface area (Å²) in [5.74, 6) is 0. The number of nitrogens with zero attached hydrogens (tertiary/aromatic N) is 2. The van der Waals surface area contributed by atoms with Gasteiger partial charge in [-0.05, 0) is 24.6 Å². The molecule has 0 spiro atoms. The number of rotatable bonds is 5. The van der Waals surface area contributed by atoms with Crippen molar-refractivity contribution in [2.24, 2.45) is 7.05 Å². The second-order valence-corrected chi connectivity index (χ2v) is 5.33. The van der Waals surface area contributed by atoms with Gasteiger partial charge in [-0.1, -0.05) is 35.3 Å². The van der Waals surface area contributed by atoms with Gasteiger partial charge in [-0.3, -0.25) is 4.68 Å². The largest absolute Gasteiger partial charge is 0.310 e. The SMILES string of the molecule is CC(NCCc1ccn(C)n1)c1cccc(Cl)c1Cl. The van der Waals surface area contributed by atoms with E-state index in [2.05, 4.69) is 17.3 Å². The molecule has 5 heteroatoms. The third-order valence-corrected chi connectivity index (χ3v) is 3.88. The van der Waals surface area contributed by atoms with Gasteiger partial charge in [0.05, 0.1) is 15.7 Å². The van der Waals surface area contributed by atoms with Crippen LogP contribution in [0.3, 0.4) is 0 Å². The van der Waals surface area contributed by atoms with Crippen molar-refractivity contribution in [1.82, 2.24) is 15.1 Å². The fraction of sp³-hybridized carbons (Fsp3) is 0.357. The summed E-state index contributed by atoms with van der Waals surface area (Å²) in [5.41, 5.74) is 2.11. The molecule has 0 aliphatic rings. The van der Waals surface area contributed by atoms with Gasteiger partial charge in [0.2, 0.25) is 0 Å². The van der Waals surface area contributed by atoms with Gasteiger partial charge < -0.3 is 5.32 Å². The lowest BCUT2D eigenvalue weighted by Gasteiger charge is -2.15. The Kier molecular flexibility index (Phi) is 4.86. The van der Waals surface area contributed by atoms with Gasteiger partial charge in [0.25, 0.3) is 0 Å². The van der Waals surface area contributed by atoms with Gasteiger partial charge in [-0.25, -0.2) is 0 Å². The predicted molar refractivity (Wildman–Crippen MR) is 79.8 cm³/mol. The third-order valence-electron chi connectivity index (χ3n) is 3.05. The minimum absolute atomic E-state index is 0.162. The monoisotopic (exact) mass is 297 g/mol. The lowest BCUT2D eigenvalue weighted by molar-refractivity contribution is 0.571. The molecule has 0 amide bonds. The first-order chi connectivity index (χ1) is 9.08. The summed E-state index contributed by atoms with van der Waals surface area (Å²) in [7, 11) is 1.92. The molecule has 0 aliphatic heterocycles. The Morgan fingerprint density at radius 2 is 2.11 bits per heavy atom. The van der Waals surface area contributed by atoms with Crippen molar-refractivity contribution in [1.29, 1.82) is 0 Å². The van der Waals surface area contributed by atoms with Crippen molar-refractivity contribution in [3.63, 3.8) is 0 Å². The Balaban J connectivity index is 1.90. The van der Waals surface area contributed by atoms with Crippen LogP contribution in [0.1, 0.15) is 24.2 Å². The summed E-state index contributed by atoms with van der Waals surface area (Å²) in [6, 6.07) is 7.90. The zero-order valence-electron chi connectivity index (χ0n) is 11.0. The number of hydrogen-bond acceptors (Lipinski definition) is 2. The molecule has 102 valence electrons. The first-order valence-corrected chi connectivity index (χ1v) is 6.99. The van der Waals surface area contributed by atoms with Crippen LogP contribution in [0.2, 0.25) is 10.0 Å². The summed E-state index contributed by atoms with van der Waals surface area (Å²) in [5, 5.41) is 9.00. The summed E-state index contributed by atoms with van der Waals surface area (Å²) in [6.45, 7) is 2.93. The van der Waals surface area contributed by atoms with Crippen molar-refractivity contribution >= 4 is 23.2 Å². The molecule has 0 bridgehead atoms. The van der Waals surface area contributed by atoms with E-state index in [-0.39, 0.29) is 6.04 Å². The average molecular weight is 298 g/mol. The highest BCUT2D eigenvalue weighted by Gasteiger charge is 2.11. The summed E-state index contributed by atoms with van der Waals surface area (Å²) in [4.78, 5) is 0. The number of hydrogen-bond donors (Lipinski definition) is 1. The molecule has 1 heterocycles. The van der Waals surface area contributed by atoms with E-state index in [1.807, 2.05) is 36.1 Å². The zero-order chi connectivity index (χ0) is 13.8. The molecule has 1 aromatic heterocycles. The van der Waals surface area contributed by atoms with E-state index in [1.54, 1.807) is 6.07 Å². The van der Waals surface area contributed by atoms with Crippen molar-refractivity contribution in [3.05, 3.63) is 51.8 Å². The first-order valence-electron chi connectivity index (χ1n) is 6.23. The first kappa shape index (κ1) is 14.4. The molecule has 1 N–H and O–H groups in total. The highest BCUT2D eigenvalue weighted by molar-refractivity contribution is 6.42. The van der Waals surface area contributed by atoms with Crippen LogP contribution < -0.4 is 5.32 Å². The maximum absolute atomic E-state index is 6.20. The van der Waals surface area contributed by atoms with Crippen LogP contribution in [-0.4, -0.2) is 16.3 Å². The summed E-state index contributed by atoms with van der Waals surface area (Å²) >= 11 is 12.2. The van der Waals surface area contributed by atoms with Gasteiger partial charge in [0.15, 0.2) is 0 Å². The summed E-state index contributed by atoms with van der Waals surface area (Å²) < 4.78 is 1.81. The van der Waals surface area contributed by atoms with Gasteiger partial charge in [0, 0.05) is 32.3 Å². The molecule has 1 unspecified atom stereocenters. The maximum atomic E-state index is 6.20. The van der Waals surface area contributed by atoms with E-state index in [0.717, 1.165) is 24.2 Å². The highest BCUT2D eigenvalue weighted by atomic mass is 35.5. The summed E-state index contributed by atoms with van der Waals surface area (Å²) in [6.07, 6.45) is 2.84. The molecule has 0 saturated carbocycles. The van der Waals surface area contributed by atoms with Gasteiger partial charge in [0.1, 0.15) is 0 Å². The Labute approximate surface area is 123 Å². The molecule has 0 saturated heterocycles. The van der Waals surface area contributed by atoms with Gasteiger partial charge in [-0.15, -0.1) is 0 Å². The van der Waals surface area contributed by atoms with Crippen LogP contribution in [0.4, 0.5) is 0 Å². The molecular formula is C14H17Cl2N3. The van der Waals surface area contributed by atoms with Gasteiger partial charge >= 0.3 is 0 Å². The molecule has 2 rings (SSSR count). The Hall–Kier alpha value is -1.03. The molecule has 1 atom stereocenters. The number of aryl methyl sites for hydroxylation is 1. The van der Waals surface area contributed by atoms with Crippen LogP contribution in [0.5, 0.6) is 0 Å². The van der Waals surface area contributed by atoms with Crippen LogP contribution in [0.15, 0.2) is 30.5 Å². The minimum Gasteiger partial charge on any atom is -0.310 e. The Morgan fingerprint density at radius 3 is 2.79 bits per heavy atom. The topological polar surface area (TPSA) is 29.9 Å². The minimum atomic E-state index is 0.162. The number of nitrogens with one attached hydrogen (secondary N) is 1. The fourth-order valence-corrected chi connectivity index (χ4v) is 2.45. The molecule has 2 aromatic rings. The van der Waals surface area contributed by atoms with Crippen molar-refractivity contribution in [2.45, 2.75) is 19.4 Å². The molecule has 0 radical (unpaired) electrons. The number of aromatic nitrogens is 2. The van der Waals surface area contributed by atoms with E-state index in [1.165, 1.54) is 0 Å². The van der Waals surface area contributed by atoms with Crippen LogP contribution >= 0.6 is 23.2 Å². The van der Waals surface area contributed by atoms with E-state index in [0.29, 0.717) is 10.0 Å². The lowest BCUT2D eigenvalue weighted by Crippen LogP contribution is -2.21. The highest BCUT2D eigenvalue weighted by Crippen LogP contribution is 2.29. The van der Waals surface area contributed by atoms with Crippen LogP contribution in [0, 0.1) is 0 Å². The third kappa shape index (κ3) is 3.72.